The number of hydrogen-bond donors (Lipinski definition) is 0. The predicted octanol–water partition coefficient (Wildman–Crippen LogP) is 3.28. The summed E-state index contributed by atoms with van der Waals surface area (Å²) in [6.07, 6.45) is 3.36. The molecule has 0 spiro atoms. The number of benzene rings is 2. The van der Waals surface area contributed by atoms with Gasteiger partial charge in [-0.15, -0.1) is 0 Å². The van der Waals surface area contributed by atoms with Gasteiger partial charge in [0, 0.05) is 0 Å². The van der Waals surface area contributed by atoms with Gasteiger partial charge >= 0.3 is 11.9 Å². The molecule has 122 valence electrons. The van der Waals surface area contributed by atoms with E-state index in [0.29, 0.717) is 0 Å². The van der Waals surface area contributed by atoms with E-state index in [1.165, 1.54) is 0 Å². The fourth-order valence-corrected chi connectivity index (χ4v) is 2.43. The van der Waals surface area contributed by atoms with Crippen molar-refractivity contribution in [1.82, 2.24) is 0 Å². The Morgan fingerprint density at radius 3 is 1.38 bits per heavy atom. The molecule has 2 aromatic carbocycles. The number of esters is 2. The van der Waals surface area contributed by atoms with Gasteiger partial charge in [-0.2, -0.15) is 0 Å². The van der Waals surface area contributed by atoms with Crippen molar-refractivity contribution in [3.8, 4) is 0 Å². The van der Waals surface area contributed by atoms with E-state index < -0.39 is 23.8 Å². The van der Waals surface area contributed by atoms with Crippen LogP contribution >= 0.6 is 0 Å². The molecule has 0 saturated heterocycles. The fraction of sp³-hybridized carbons (Fsp3) is 0.200. The normalized spacial score (nSPS) is 18.5. The Morgan fingerprint density at radius 2 is 1.04 bits per heavy atom. The Bertz CT molecular complexity index is 658. The van der Waals surface area contributed by atoms with Crippen LogP contribution < -0.4 is 0 Å². The van der Waals surface area contributed by atoms with Crippen LogP contribution in [0.1, 0.15) is 11.1 Å². The van der Waals surface area contributed by atoms with Crippen molar-refractivity contribution >= 4 is 11.9 Å². The van der Waals surface area contributed by atoms with E-state index in [1.54, 1.807) is 12.2 Å². The molecule has 1 aliphatic rings. The summed E-state index contributed by atoms with van der Waals surface area (Å²) in [4.78, 5) is 24.2. The molecule has 0 bridgehead atoms. The van der Waals surface area contributed by atoms with Crippen LogP contribution in [0.25, 0.3) is 0 Å². The lowest BCUT2D eigenvalue weighted by Crippen LogP contribution is -2.35. The summed E-state index contributed by atoms with van der Waals surface area (Å²) >= 11 is 0. The number of carbonyl (C=O) groups is 2. The Hall–Kier alpha value is -2.88. The monoisotopic (exact) mass is 322 g/mol. The van der Waals surface area contributed by atoms with E-state index in [1.807, 2.05) is 60.7 Å². The maximum atomic E-state index is 12.1. The van der Waals surface area contributed by atoms with Gasteiger partial charge in [-0.25, -0.2) is 0 Å². The second-order valence-corrected chi connectivity index (χ2v) is 5.62. The molecule has 4 heteroatoms. The van der Waals surface area contributed by atoms with E-state index in [-0.39, 0.29) is 13.2 Å². The molecule has 1 aliphatic carbocycles. The van der Waals surface area contributed by atoms with E-state index in [0.717, 1.165) is 11.1 Å². The van der Waals surface area contributed by atoms with Gasteiger partial charge in [0.15, 0.2) is 0 Å². The summed E-state index contributed by atoms with van der Waals surface area (Å²) < 4.78 is 10.6. The molecule has 24 heavy (non-hydrogen) atoms. The van der Waals surface area contributed by atoms with Crippen molar-refractivity contribution in [1.29, 1.82) is 0 Å². The zero-order chi connectivity index (χ0) is 16.8. The molecule has 3 rings (SSSR count). The molecule has 2 aromatic rings. The summed E-state index contributed by atoms with van der Waals surface area (Å²) in [7, 11) is 0. The molecular weight excluding hydrogens is 304 g/mol. The van der Waals surface area contributed by atoms with Crippen LogP contribution in [-0.2, 0) is 32.3 Å². The largest absolute Gasteiger partial charge is 0.460 e. The molecule has 0 amide bonds. The topological polar surface area (TPSA) is 52.6 Å². The molecule has 2 unspecified atom stereocenters. The molecule has 0 N–H and O–H groups in total. The SMILES string of the molecule is O=C(OCc1ccccc1)C1C=CC1C(=O)OCc1ccccc1. The maximum Gasteiger partial charge on any atom is 0.314 e. The van der Waals surface area contributed by atoms with Gasteiger partial charge in [0.05, 0.1) is 11.8 Å². The number of rotatable bonds is 6. The molecule has 0 aromatic heterocycles. The first-order valence-electron chi connectivity index (χ1n) is 7.83. The van der Waals surface area contributed by atoms with Crippen molar-refractivity contribution in [2.75, 3.05) is 0 Å². The first-order chi connectivity index (χ1) is 11.7. The van der Waals surface area contributed by atoms with Crippen molar-refractivity contribution < 1.29 is 19.1 Å². The highest BCUT2D eigenvalue weighted by Crippen LogP contribution is 2.28. The average molecular weight is 322 g/mol. The van der Waals surface area contributed by atoms with Gasteiger partial charge in [0.1, 0.15) is 13.2 Å². The summed E-state index contributed by atoms with van der Waals surface area (Å²) in [6.45, 7) is 0.408. The van der Waals surface area contributed by atoms with Crippen LogP contribution in [0.2, 0.25) is 0 Å². The van der Waals surface area contributed by atoms with Gasteiger partial charge in [-0.05, 0) is 11.1 Å². The summed E-state index contributed by atoms with van der Waals surface area (Å²) in [5.41, 5.74) is 1.83. The predicted molar refractivity (Wildman–Crippen MR) is 88.6 cm³/mol. The molecule has 0 fully saturated rings. The average Bonchev–Trinajstić information content (AvgIpc) is 2.59. The number of hydrogen-bond acceptors (Lipinski definition) is 4. The fourth-order valence-electron chi connectivity index (χ4n) is 2.43. The van der Waals surface area contributed by atoms with Crippen molar-refractivity contribution in [3.63, 3.8) is 0 Å². The summed E-state index contributed by atoms with van der Waals surface area (Å²) in [6, 6.07) is 18.9. The maximum absolute atomic E-state index is 12.1. The summed E-state index contributed by atoms with van der Waals surface area (Å²) in [5.74, 6) is -1.92. The molecule has 0 saturated carbocycles. The van der Waals surface area contributed by atoms with Crippen LogP contribution in [0.15, 0.2) is 72.8 Å². The van der Waals surface area contributed by atoms with Crippen molar-refractivity contribution in [2.24, 2.45) is 11.8 Å². The lowest BCUT2D eigenvalue weighted by atomic mass is 9.82. The molecular formula is C20H18O4. The lowest BCUT2D eigenvalue weighted by molar-refractivity contribution is -0.159. The lowest BCUT2D eigenvalue weighted by Gasteiger charge is -2.25. The smallest absolute Gasteiger partial charge is 0.314 e. The first kappa shape index (κ1) is 16.0. The summed E-state index contributed by atoms with van der Waals surface area (Å²) in [5, 5.41) is 0. The van der Waals surface area contributed by atoms with Gasteiger partial charge < -0.3 is 9.47 Å². The van der Waals surface area contributed by atoms with Crippen molar-refractivity contribution in [3.05, 3.63) is 83.9 Å². The van der Waals surface area contributed by atoms with E-state index in [9.17, 15) is 9.59 Å². The Kier molecular flexibility index (Phi) is 5.06. The zero-order valence-electron chi connectivity index (χ0n) is 13.1. The number of carbonyl (C=O) groups excluding carboxylic acids is 2. The minimum Gasteiger partial charge on any atom is -0.460 e. The van der Waals surface area contributed by atoms with Crippen LogP contribution in [0.5, 0.6) is 0 Å². The van der Waals surface area contributed by atoms with Crippen LogP contribution in [0, 0.1) is 11.8 Å². The second kappa shape index (κ2) is 7.59. The number of ether oxygens (including phenoxy) is 2. The molecule has 0 heterocycles. The van der Waals surface area contributed by atoms with Crippen LogP contribution in [0.4, 0.5) is 0 Å². The highest BCUT2D eigenvalue weighted by molar-refractivity contribution is 5.87. The quantitative estimate of drug-likeness (QED) is 0.605. The van der Waals surface area contributed by atoms with Crippen LogP contribution in [-0.4, -0.2) is 11.9 Å². The third-order valence-corrected chi connectivity index (χ3v) is 3.90. The third kappa shape index (κ3) is 3.90. The Labute approximate surface area is 140 Å². The van der Waals surface area contributed by atoms with Crippen molar-refractivity contribution in [2.45, 2.75) is 13.2 Å². The van der Waals surface area contributed by atoms with Gasteiger partial charge in [0.2, 0.25) is 0 Å². The third-order valence-electron chi connectivity index (χ3n) is 3.90. The molecule has 0 radical (unpaired) electrons. The van der Waals surface area contributed by atoms with E-state index in [4.69, 9.17) is 9.47 Å². The Balaban J connectivity index is 1.48. The molecule has 2 atom stereocenters. The zero-order valence-corrected chi connectivity index (χ0v) is 13.1. The minimum absolute atomic E-state index is 0.204. The molecule has 0 aliphatic heterocycles. The van der Waals surface area contributed by atoms with Gasteiger partial charge in [-0.1, -0.05) is 72.8 Å². The van der Waals surface area contributed by atoms with Gasteiger partial charge in [0.25, 0.3) is 0 Å². The van der Waals surface area contributed by atoms with Gasteiger partial charge in [-0.3, -0.25) is 9.59 Å². The highest BCUT2D eigenvalue weighted by Gasteiger charge is 2.38. The minimum atomic E-state index is -0.558. The Morgan fingerprint density at radius 1 is 0.667 bits per heavy atom. The van der Waals surface area contributed by atoms with Crippen LogP contribution in [0.3, 0.4) is 0 Å². The second-order valence-electron chi connectivity index (χ2n) is 5.62. The molecule has 4 nitrogen and oxygen atoms in total. The first-order valence-corrected chi connectivity index (χ1v) is 7.83. The van der Waals surface area contributed by atoms with E-state index >= 15 is 0 Å². The highest BCUT2D eigenvalue weighted by atomic mass is 16.5. The van der Waals surface area contributed by atoms with E-state index in [2.05, 4.69) is 0 Å². The standard InChI is InChI=1S/C20H18O4/c21-19(23-13-15-7-3-1-4-8-15)17-11-12-18(17)20(22)24-14-16-9-5-2-6-10-16/h1-12,17-18H,13-14H2.